The number of carboxylic acids is 1. The van der Waals surface area contributed by atoms with Crippen LogP contribution in [0.2, 0.25) is 0 Å². The van der Waals surface area contributed by atoms with Crippen LogP contribution in [0, 0.1) is 17.8 Å². The van der Waals surface area contributed by atoms with Crippen LogP contribution in [0.4, 0.5) is 0 Å². The van der Waals surface area contributed by atoms with Gasteiger partial charge in [0.25, 0.3) is 0 Å². The number of aliphatic hydroxyl groups excluding tert-OH is 1. The third kappa shape index (κ3) is 4.07. The summed E-state index contributed by atoms with van der Waals surface area (Å²) in [4.78, 5) is 11.4. The van der Waals surface area contributed by atoms with E-state index in [1.54, 1.807) is 0 Å². The molecule has 0 amide bonds. The molecule has 1 saturated carbocycles. The van der Waals surface area contributed by atoms with E-state index in [-0.39, 0.29) is 5.92 Å². The van der Waals surface area contributed by atoms with Crippen molar-refractivity contribution < 1.29 is 15.0 Å². The number of hydrogen-bond acceptors (Lipinski definition) is 2. The van der Waals surface area contributed by atoms with Crippen molar-refractivity contribution in [1.29, 1.82) is 0 Å². The maximum Gasteiger partial charge on any atom is 0.306 e. The SMILES string of the molecule is CC(C)Cc1ccc(C(O)C2CCCCC2C(=O)O)cc1. The van der Waals surface area contributed by atoms with Crippen molar-refractivity contribution >= 4 is 5.97 Å². The zero-order valence-electron chi connectivity index (χ0n) is 13.0. The lowest BCUT2D eigenvalue weighted by atomic mass is 9.74. The lowest BCUT2D eigenvalue weighted by molar-refractivity contribution is -0.147. The first-order chi connectivity index (χ1) is 9.99. The highest BCUT2D eigenvalue weighted by Crippen LogP contribution is 2.38. The molecule has 21 heavy (non-hydrogen) atoms. The summed E-state index contributed by atoms with van der Waals surface area (Å²) < 4.78 is 0. The van der Waals surface area contributed by atoms with E-state index in [9.17, 15) is 15.0 Å². The lowest BCUT2D eigenvalue weighted by Gasteiger charge is -2.32. The number of aliphatic hydroxyl groups is 1. The Bertz CT molecular complexity index is 464. The summed E-state index contributed by atoms with van der Waals surface area (Å²) in [5.74, 6) is -0.734. The van der Waals surface area contributed by atoms with Crippen LogP contribution in [-0.2, 0) is 11.2 Å². The summed E-state index contributed by atoms with van der Waals surface area (Å²) in [6.07, 6.45) is 3.80. The summed E-state index contributed by atoms with van der Waals surface area (Å²) in [5, 5.41) is 19.9. The zero-order chi connectivity index (χ0) is 15.4. The van der Waals surface area contributed by atoms with E-state index in [2.05, 4.69) is 26.0 Å². The van der Waals surface area contributed by atoms with Gasteiger partial charge in [-0.05, 0) is 36.3 Å². The fourth-order valence-corrected chi connectivity index (χ4v) is 3.41. The van der Waals surface area contributed by atoms with Crippen molar-refractivity contribution in [3.8, 4) is 0 Å². The Hall–Kier alpha value is -1.35. The molecule has 0 aliphatic heterocycles. The predicted octanol–water partition coefficient (Wildman–Crippen LogP) is 3.81. The summed E-state index contributed by atoms with van der Waals surface area (Å²) >= 11 is 0. The summed E-state index contributed by atoms with van der Waals surface area (Å²) in [5.41, 5.74) is 2.11. The van der Waals surface area contributed by atoms with Gasteiger partial charge in [-0.1, -0.05) is 51.0 Å². The topological polar surface area (TPSA) is 57.5 Å². The van der Waals surface area contributed by atoms with Gasteiger partial charge in [-0.25, -0.2) is 0 Å². The van der Waals surface area contributed by atoms with Gasteiger partial charge in [0.15, 0.2) is 0 Å². The van der Waals surface area contributed by atoms with Gasteiger partial charge in [-0.3, -0.25) is 4.79 Å². The number of aliphatic carboxylic acids is 1. The molecule has 1 aliphatic rings. The monoisotopic (exact) mass is 290 g/mol. The van der Waals surface area contributed by atoms with Crippen LogP contribution in [0.5, 0.6) is 0 Å². The van der Waals surface area contributed by atoms with Gasteiger partial charge in [-0.2, -0.15) is 0 Å². The first kappa shape index (κ1) is 16.0. The second-order valence-electron chi connectivity index (χ2n) is 6.68. The van der Waals surface area contributed by atoms with E-state index in [1.165, 1.54) is 5.56 Å². The molecule has 1 aliphatic carbocycles. The smallest absolute Gasteiger partial charge is 0.306 e. The van der Waals surface area contributed by atoms with Gasteiger partial charge in [-0.15, -0.1) is 0 Å². The van der Waals surface area contributed by atoms with Gasteiger partial charge in [0, 0.05) is 5.92 Å². The second kappa shape index (κ2) is 7.08. The van der Waals surface area contributed by atoms with Crippen molar-refractivity contribution in [2.45, 2.75) is 52.1 Å². The van der Waals surface area contributed by atoms with Gasteiger partial charge >= 0.3 is 5.97 Å². The van der Waals surface area contributed by atoms with Crippen LogP contribution >= 0.6 is 0 Å². The number of rotatable bonds is 5. The normalized spacial score (nSPS) is 24.0. The van der Waals surface area contributed by atoms with E-state index in [4.69, 9.17) is 0 Å². The quantitative estimate of drug-likeness (QED) is 0.867. The molecule has 2 rings (SSSR count). The minimum Gasteiger partial charge on any atom is -0.481 e. The maximum absolute atomic E-state index is 11.4. The van der Waals surface area contributed by atoms with Crippen molar-refractivity contribution in [3.05, 3.63) is 35.4 Å². The van der Waals surface area contributed by atoms with Crippen molar-refractivity contribution in [2.24, 2.45) is 17.8 Å². The zero-order valence-corrected chi connectivity index (χ0v) is 13.0. The summed E-state index contributed by atoms with van der Waals surface area (Å²) in [7, 11) is 0. The molecule has 0 radical (unpaired) electrons. The van der Waals surface area contributed by atoms with E-state index in [1.807, 2.05) is 12.1 Å². The molecule has 0 bridgehead atoms. The highest BCUT2D eigenvalue weighted by molar-refractivity contribution is 5.70. The van der Waals surface area contributed by atoms with Crippen LogP contribution in [0.25, 0.3) is 0 Å². The largest absolute Gasteiger partial charge is 0.481 e. The maximum atomic E-state index is 11.4. The fourth-order valence-electron chi connectivity index (χ4n) is 3.41. The third-order valence-electron chi connectivity index (χ3n) is 4.51. The van der Waals surface area contributed by atoms with Crippen LogP contribution < -0.4 is 0 Å². The van der Waals surface area contributed by atoms with Crippen molar-refractivity contribution in [3.63, 3.8) is 0 Å². The Morgan fingerprint density at radius 3 is 2.38 bits per heavy atom. The van der Waals surface area contributed by atoms with Crippen LogP contribution in [0.3, 0.4) is 0 Å². The number of benzene rings is 1. The molecule has 2 N–H and O–H groups in total. The van der Waals surface area contributed by atoms with Crippen molar-refractivity contribution in [2.75, 3.05) is 0 Å². The van der Waals surface area contributed by atoms with Crippen LogP contribution in [0.1, 0.15) is 56.8 Å². The van der Waals surface area contributed by atoms with Gasteiger partial charge < -0.3 is 10.2 Å². The number of hydrogen-bond donors (Lipinski definition) is 2. The molecule has 3 heteroatoms. The Kier molecular flexibility index (Phi) is 5.40. The molecular weight excluding hydrogens is 264 g/mol. The molecule has 0 saturated heterocycles. The van der Waals surface area contributed by atoms with E-state index >= 15 is 0 Å². The Balaban J connectivity index is 2.10. The first-order valence-corrected chi connectivity index (χ1v) is 7.98. The second-order valence-corrected chi connectivity index (χ2v) is 6.68. The highest BCUT2D eigenvalue weighted by atomic mass is 16.4. The van der Waals surface area contributed by atoms with E-state index in [0.29, 0.717) is 12.3 Å². The molecule has 0 heterocycles. The number of carbonyl (C=O) groups is 1. The van der Waals surface area contributed by atoms with Crippen LogP contribution in [0.15, 0.2) is 24.3 Å². The molecule has 3 unspecified atom stereocenters. The predicted molar refractivity (Wildman–Crippen MR) is 83.0 cm³/mol. The summed E-state index contributed by atoms with van der Waals surface area (Å²) in [6.45, 7) is 4.37. The molecule has 3 atom stereocenters. The number of carboxylic acid groups (broad SMARTS) is 1. The average molecular weight is 290 g/mol. The first-order valence-electron chi connectivity index (χ1n) is 7.98. The fraction of sp³-hybridized carbons (Fsp3) is 0.611. The Labute approximate surface area is 127 Å². The van der Waals surface area contributed by atoms with E-state index < -0.39 is 18.0 Å². The minimum atomic E-state index is -0.768. The average Bonchev–Trinajstić information content (AvgIpc) is 2.46. The van der Waals surface area contributed by atoms with Gasteiger partial charge in [0.2, 0.25) is 0 Å². The van der Waals surface area contributed by atoms with Gasteiger partial charge in [0.05, 0.1) is 12.0 Å². The van der Waals surface area contributed by atoms with Crippen molar-refractivity contribution in [1.82, 2.24) is 0 Å². The van der Waals surface area contributed by atoms with E-state index in [0.717, 1.165) is 31.2 Å². The standard InChI is InChI=1S/C18H26O3/c1-12(2)11-13-7-9-14(10-8-13)17(19)15-5-3-4-6-16(15)18(20)21/h7-10,12,15-17,19H,3-6,11H2,1-2H3,(H,20,21). The third-order valence-corrected chi connectivity index (χ3v) is 4.51. The van der Waals surface area contributed by atoms with Gasteiger partial charge in [0.1, 0.15) is 0 Å². The molecule has 1 aromatic carbocycles. The summed E-state index contributed by atoms with van der Waals surface area (Å²) in [6, 6.07) is 8.01. The lowest BCUT2D eigenvalue weighted by Crippen LogP contribution is -2.31. The molecule has 1 aromatic rings. The molecular formula is C18H26O3. The Morgan fingerprint density at radius 2 is 1.81 bits per heavy atom. The minimum absolute atomic E-state index is 0.160. The molecule has 3 nitrogen and oxygen atoms in total. The Morgan fingerprint density at radius 1 is 1.19 bits per heavy atom. The molecule has 116 valence electrons. The molecule has 0 aromatic heterocycles. The highest BCUT2D eigenvalue weighted by Gasteiger charge is 2.35. The van der Waals surface area contributed by atoms with Crippen LogP contribution in [-0.4, -0.2) is 16.2 Å². The molecule has 0 spiro atoms. The molecule has 1 fully saturated rings.